The van der Waals surface area contributed by atoms with Gasteiger partial charge in [0, 0.05) is 23.9 Å². The van der Waals surface area contributed by atoms with Gasteiger partial charge in [-0.2, -0.15) is 0 Å². The zero-order valence-corrected chi connectivity index (χ0v) is 8.48. The van der Waals surface area contributed by atoms with Crippen LogP contribution in [0.25, 0.3) is 0 Å². The Morgan fingerprint density at radius 1 is 1.69 bits per heavy atom. The molecule has 1 rings (SSSR count). The molecule has 0 radical (unpaired) electrons. The standard InChI is InChI=1S/C9H13ClN2O/c1-9(2,6-12-8(10)13)7-4-3-5-11-7/h3-5,11H,6H2,1-2H3,(H,12,13). The second kappa shape index (κ2) is 3.83. The van der Waals surface area contributed by atoms with Crippen LogP contribution in [-0.4, -0.2) is 16.9 Å². The van der Waals surface area contributed by atoms with E-state index in [0.717, 1.165) is 5.69 Å². The van der Waals surface area contributed by atoms with Gasteiger partial charge in [-0.25, -0.2) is 0 Å². The van der Waals surface area contributed by atoms with Crippen LogP contribution < -0.4 is 5.32 Å². The minimum Gasteiger partial charge on any atom is -0.364 e. The van der Waals surface area contributed by atoms with Gasteiger partial charge in [0.1, 0.15) is 0 Å². The lowest BCUT2D eigenvalue weighted by atomic mass is 9.89. The number of hydrogen-bond acceptors (Lipinski definition) is 1. The molecule has 0 unspecified atom stereocenters. The third-order valence-electron chi connectivity index (χ3n) is 2.00. The molecule has 0 bridgehead atoms. The molecule has 1 aromatic heterocycles. The minimum atomic E-state index is -0.514. The molecule has 0 fully saturated rings. The number of rotatable bonds is 3. The highest BCUT2D eigenvalue weighted by Crippen LogP contribution is 2.19. The maximum atomic E-state index is 10.5. The molecule has 1 heterocycles. The van der Waals surface area contributed by atoms with Crippen molar-refractivity contribution in [2.75, 3.05) is 6.54 Å². The highest BCUT2D eigenvalue weighted by Gasteiger charge is 2.21. The minimum absolute atomic E-state index is 0.117. The Kier molecular flexibility index (Phi) is 2.98. The van der Waals surface area contributed by atoms with Crippen molar-refractivity contribution >= 4 is 17.0 Å². The van der Waals surface area contributed by atoms with Crippen molar-refractivity contribution in [3.05, 3.63) is 24.0 Å². The fourth-order valence-electron chi connectivity index (χ4n) is 1.14. The van der Waals surface area contributed by atoms with Crippen molar-refractivity contribution in [3.8, 4) is 0 Å². The number of carbonyl (C=O) groups excluding carboxylic acids is 1. The molecule has 0 aliphatic rings. The first-order valence-corrected chi connectivity index (χ1v) is 4.47. The average molecular weight is 201 g/mol. The van der Waals surface area contributed by atoms with Crippen LogP contribution in [0.1, 0.15) is 19.5 Å². The van der Waals surface area contributed by atoms with Crippen molar-refractivity contribution in [2.45, 2.75) is 19.3 Å². The van der Waals surface area contributed by atoms with Crippen LogP contribution in [0.4, 0.5) is 4.79 Å². The highest BCUT2D eigenvalue weighted by atomic mass is 35.5. The fourth-order valence-corrected chi connectivity index (χ4v) is 1.20. The van der Waals surface area contributed by atoms with E-state index in [9.17, 15) is 4.79 Å². The molecule has 0 saturated carbocycles. The molecule has 0 spiro atoms. The van der Waals surface area contributed by atoms with Gasteiger partial charge in [-0.1, -0.05) is 13.8 Å². The fraction of sp³-hybridized carbons (Fsp3) is 0.444. The van der Waals surface area contributed by atoms with Crippen molar-refractivity contribution in [1.29, 1.82) is 0 Å². The maximum Gasteiger partial charge on any atom is 0.313 e. The molecule has 72 valence electrons. The van der Waals surface area contributed by atoms with Gasteiger partial charge >= 0.3 is 5.37 Å². The second-order valence-corrected chi connectivity index (χ2v) is 3.94. The summed E-state index contributed by atoms with van der Waals surface area (Å²) in [4.78, 5) is 13.6. The van der Waals surface area contributed by atoms with Gasteiger partial charge in [0.2, 0.25) is 0 Å². The molecular formula is C9H13ClN2O. The number of aromatic amines is 1. The molecule has 4 heteroatoms. The van der Waals surface area contributed by atoms with Crippen molar-refractivity contribution in [2.24, 2.45) is 0 Å². The summed E-state index contributed by atoms with van der Waals surface area (Å²) < 4.78 is 0. The number of nitrogens with one attached hydrogen (secondary N) is 2. The Morgan fingerprint density at radius 2 is 2.38 bits per heavy atom. The number of H-pyrrole nitrogens is 1. The van der Waals surface area contributed by atoms with Crippen LogP contribution in [0.5, 0.6) is 0 Å². The Balaban J connectivity index is 2.61. The topological polar surface area (TPSA) is 44.9 Å². The first-order valence-electron chi connectivity index (χ1n) is 4.09. The van der Waals surface area contributed by atoms with Gasteiger partial charge in [0.15, 0.2) is 0 Å². The number of hydrogen-bond donors (Lipinski definition) is 2. The molecule has 0 saturated heterocycles. The Bertz CT molecular complexity index is 280. The average Bonchev–Trinajstić information content (AvgIpc) is 2.53. The number of carbonyl (C=O) groups is 1. The van der Waals surface area contributed by atoms with Crippen LogP contribution in [0, 0.1) is 0 Å². The van der Waals surface area contributed by atoms with Crippen LogP contribution in [-0.2, 0) is 5.41 Å². The summed E-state index contributed by atoms with van der Waals surface area (Å²) in [7, 11) is 0. The van der Waals surface area contributed by atoms with E-state index >= 15 is 0 Å². The van der Waals surface area contributed by atoms with Crippen molar-refractivity contribution in [1.82, 2.24) is 10.3 Å². The largest absolute Gasteiger partial charge is 0.364 e. The number of amides is 1. The van der Waals surface area contributed by atoms with E-state index in [4.69, 9.17) is 11.6 Å². The summed E-state index contributed by atoms with van der Waals surface area (Å²) in [5.41, 5.74) is 0.964. The first kappa shape index (κ1) is 10.1. The van der Waals surface area contributed by atoms with Gasteiger partial charge < -0.3 is 10.3 Å². The SMILES string of the molecule is CC(C)(CNC(=O)Cl)c1ccc[nH]1. The van der Waals surface area contributed by atoms with E-state index < -0.39 is 5.37 Å². The summed E-state index contributed by atoms with van der Waals surface area (Å²) in [5.74, 6) is 0. The Morgan fingerprint density at radius 3 is 2.85 bits per heavy atom. The summed E-state index contributed by atoms with van der Waals surface area (Å²) >= 11 is 5.19. The Hall–Kier alpha value is -0.960. The van der Waals surface area contributed by atoms with Crippen LogP contribution in [0.2, 0.25) is 0 Å². The molecular weight excluding hydrogens is 188 g/mol. The van der Waals surface area contributed by atoms with Gasteiger partial charge in [-0.05, 0) is 23.7 Å². The molecule has 13 heavy (non-hydrogen) atoms. The van der Waals surface area contributed by atoms with E-state index in [2.05, 4.69) is 10.3 Å². The van der Waals surface area contributed by atoms with E-state index in [1.807, 2.05) is 32.2 Å². The first-order chi connectivity index (χ1) is 6.02. The predicted molar refractivity (Wildman–Crippen MR) is 53.1 cm³/mol. The molecule has 3 nitrogen and oxygen atoms in total. The van der Waals surface area contributed by atoms with E-state index in [1.165, 1.54) is 0 Å². The van der Waals surface area contributed by atoms with Crippen molar-refractivity contribution in [3.63, 3.8) is 0 Å². The third-order valence-corrected chi connectivity index (χ3v) is 2.13. The summed E-state index contributed by atoms with van der Waals surface area (Å²) in [6.07, 6.45) is 1.86. The summed E-state index contributed by atoms with van der Waals surface area (Å²) in [6.45, 7) is 4.59. The molecule has 0 aliphatic carbocycles. The zero-order chi connectivity index (χ0) is 9.90. The Labute approximate surface area is 82.5 Å². The summed E-state index contributed by atoms with van der Waals surface area (Å²) in [5, 5.41) is 2.07. The lowest BCUT2D eigenvalue weighted by Gasteiger charge is -2.23. The maximum absolute atomic E-state index is 10.5. The molecule has 1 amide bonds. The van der Waals surface area contributed by atoms with Crippen LogP contribution in [0.3, 0.4) is 0 Å². The highest BCUT2D eigenvalue weighted by molar-refractivity contribution is 6.62. The smallest absolute Gasteiger partial charge is 0.313 e. The third kappa shape index (κ3) is 2.77. The van der Waals surface area contributed by atoms with Gasteiger partial charge in [-0.3, -0.25) is 4.79 Å². The monoisotopic (exact) mass is 200 g/mol. The molecule has 2 N–H and O–H groups in total. The molecule has 0 aromatic carbocycles. The van der Waals surface area contributed by atoms with E-state index in [0.29, 0.717) is 6.54 Å². The second-order valence-electron chi connectivity index (χ2n) is 3.59. The quantitative estimate of drug-likeness (QED) is 0.571. The lowest BCUT2D eigenvalue weighted by molar-refractivity contribution is 0.257. The lowest BCUT2D eigenvalue weighted by Crippen LogP contribution is -2.34. The predicted octanol–water partition coefficient (Wildman–Crippen LogP) is 2.24. The van der Waals surface area contributed by atoms with E-state index in [-0.39, 0.29) is 5.41 Å². The number of halogens is 1. The zero-order valence-electron chi connectivity index (χ0n) is 7.73. The van der Waals surface area contributed by atoms with E-state index in [1.54, 1.807) is 0 Å². The number of aromatic nitrogens is 1. The van der Waals surface area contributed by atoms with Gasteiger partial charge in [0.25, 0.3) is 0 Å². The van der Waals surface area contributed by atoms with Gasteiger partial charge in [-0.15, -0.1) is 0 Å². The van der Waals surface area contributed by atoms with Crippen LogP contribution >= 0.6 is 11.6 Å². The van der Waals surface area contributed by atoms with Crippen molar-refractivity contribution < 1.29 is 4.79 Å². The normalized spacial score (nSPS) is 11.3. The molecule has 1 aromatic rings. The summed E-state index contributed by atoms with van der Waals surface area (Å²) in [6, 6.07) is 3.92. The molecule has 0 aliphatic heterocycles. The van der Waals surface area contributed by atoms with Crippen LogP contribution in [0.15, 0.2) is 18.3 Å². The molecule has 0 atom stereocenters. The van der Waals surface area contributed by atoms with Gasteiger partial charge in [0.05, 0.1) is 0 Å².